The van der Waals surface area contributed by atoms with Crippen molar-refractivity contribution in [3.63, 3.8) is 0 Å². The fourth-order valence-electron chi connectivity index (χ4n) is 2.32. The number of benzene rings is 1. The number of nitro benzene ring substituents is 1. The van der Waals surface area contributed by atoms with Crippen LogP contribution in [-0.2, 0) is 16.6 Å². The molecule has 21 heavy (non-hydrogen) atoms. The van der Waals surface area contributed by atoms with Crippen LogP contribution >= 0.6 is 0 Å². The number of nitro groups is 1. The highest BCUT2D eigenvalue weighted by Crippen LogP contribution is 2.12. The summed E-state index contributed by atoms with van der Waals surface area (Å²) in [4.78, 5) is 10.1. The molecule has 1 aromatic rings. The van der Waals surface area contributed by atoms with Gasteiger partial charge in [0.15, 0.2) is 0 Å². The Morgan fingerprint density at radius 2 is 2.00 bits per heavy atom. The summed E-state index contributed by atoms with van der Waals surface area (Å²) < 4.78 is 26.5. The summed E-state index contributed by atoms with van der Waals surface area (Å²) in [6, 6.07) is 5.85. The van der Waals surface area contributed by atoms with Crippen molar-refractivity contribution in [1.82, 2.24) is 10.0 Å². The third kappa shape index (κ3) is 5.07. The summed E-state index contributed by atoms with van der Waals surface area (Å²) in [6.45, 7) is 1.01. The van der Waals surface area contributed by atoms with Crippen LogP contribution in [0.25, 0.3) is 0 Å². The number of sulfonamides is 1. The average molecular weight is 313 g/mol. The minimum atomic E-state index is -3.35. The lowest BCUT2D eigenvalue weighted by molar-refractivity contribution is -0.384. The van der Waals surface area contributed by atoms with E-state index in [2.05, 4.69) is 10.0 Å². The highest BCUT2D eigenvalue weighted by molar-refractivity contribution is 7.89. The molecular formula is C13H19N3O4S. The Labute approximate surface area is 123 Å². The number of piperidine rings is 1. The molecule has 0 aromatic heterocycles. The standard InChI is InChI=1S/C13H19N3O4S/c17-16(18)13-6-4-11(5-7-13)9-15-21(19,20)10-12-3-1-2-8-14-12/h4-7,12,14-15H,1-3,8-10H2. The van der Waals surface area contributed by atoms with Crippen molar-refractivity contribution < 1.29 is 13.3 Å². The molecule has 0 radical (unpaired) electrons. The van der Waals surface area contributed by atoms with Gasteiger partial charge < -0.3 is 5.32 Å². The Kier molecular flexibility index (Phi) is 5.27. The van der Waals surface area contributed by atoms with Crippen molar-refractivity contribution in [2.24, 2.45) is 0 Å². The van der Waals surface area contributed by atoms with Crippen LogP contribution in [0.1, 0.15) is 24.8 Å². The van der Waals surface area contributed by atoms with Crippen molar-refractivity contribution in [2.75, 3.05) is 12.3 Å². The molecule has 116 valence electrons. The highest BCUT2D eigenvalue weighted by atomic mass is 32.2. The van der Waals surface area contributed by atoms with E-state index in [9.17, 15) is 18.5 Å². The first-order chi connectivity index (χ1) is 9.96. The molecule has 1 saturated heterocycles. The molecule has 1 aliphatic rings. The number of hydrogen-bond donors (Lipinski definition) is 2. The van der Waals surface area contributed by atoms with Crippen LogP contribution in [0.4, 0.5) is 5.69 Å². The summed E-state index contributed by atoms with van der Waals surface area (Å²) in [5.74, 6) is 0.0694. The first kappa shape index (κ1) is 15.9. The zero-order valence-corrected chi connectivity index (χ0v) is 12.4. The lowest BCUT2D eigenvalue weighted by Crippen LogP contribution is -2.42. The minimum Gasteiger partial charge on any atom is -0.313 e. The predicted molar refractivity (Wildman–Crippen MR) is 79.4 cm³/mol. The summed E-state index contributed by atoms with van der Waals surface area (Å²) in [6.07, 6.45) is 3.01. The maximum atomic E-state index is 12.0. The molecule has 7 nitrogen and oxygen atoms in total. The molecule has 8 heteroatoms. The van der Waals surface area contributed by atoms with Gasteiger partial charge in [-0.15, -0.1) is 0 Å². The lowest BCUT2D eigenvalue weighted by atomic mass is 10.1. The second kappa shape index (κ2) is 6.97. The molecule has 0 spiro atoms. The van der Waals surface area contributed by atoms with E-state index in [0.717, 1.165) is 25.8 Å². The van der Waals surface area contributed by atoms with E-state index in [1.54, 1.807) is 12.1 Å². The smallest absolute Gasteiger partial charge is 0.269 e. The molecule has 1 aliphatic heterocycles. The fourth-order valence-corrected chi connectivity index (χ4v) is 3.64. The summed E-state index contributed by atoms with van der Waals surface area (Å²) in [7, 11) is -3.35. The van der Waals surface area contributed by atoms with Gasteiger partial charge in [-0.2, -0.15) is 0 Å². The van der Waals surface area contributed by atoms with E-state index in [4.69, 9.17) is 0 Å². The predicted octanol–water partition coefficient (Wildman–Crippen LogP) is 1.16. The van der Waals surface area contributed by atoms with Gasteiger partial charge in [0.1, 0.15) is 0 Å². The SMILES string of the molecule is O=[N+]([O-])c1ccc(CNS(=O)(=O)CC2CCCCN2)cc1. The molecule has 1 atom stereocenters. The largest absolute Gasteiger partial charge is 0.313 e. The quantitative estimate of drug-likeness (QED) is 0.606. The second-order valence-electron chi connectivity index (χ2n) is 5.17. The number of hydrogen-bond acceptors (Lipinski definition) is 5. The summed E-state index contributed by atoms with van der Waals surface area (Å²) in [5.41, 5.74) is 0.689. The second-order valence-corrected chi connectivity index (χ2v) is 7.02. The molecule has 1 fully saturated rings. The van der Waals surface area contributed by atoms with Crippen LogP contribution in [0.3, 0.4) is 0 Å². The first-order valence-electron chi connectivity index (χ1n) is 6.90. The lowest BCUT2D eigenvalue weighted by Gasteiger charge is -2.23. The fraction of sp³-hybridized carbons (Fsp3) is 0.538. The molecule has 1 heterocycles. The maximum Gasteiger partial charge on any atom is 0.269 e. The van der Waals surface area contributed by atoms with Crippen LogP contribution in [0.15, 0.2) is 24.3 Å². The Hall–Kier alpha value is -1.51. The molecule has 0 aliphatic carbocycles. The molecular weight excluding hydrogens is 294 g/mol. The summed E-state index contributed by atoms with van der Waals surface area (Å²) in [5, 5.41) is 13.7. The van der Waals surface area contributed by atoms with Crippen molar-refractivity contribution >= 4 is 15.7 Å². The van der Waals surface area contributed by atoms with Gasteiger partial charge in [0.2, 0.25) is 10.0 Å². The first-order valence-corrected chi connectivity index (χ1v) is 8.55. The summed E-state index contributed by atoms with van der Waals surface area (Å²) >= 11 is 0. The van der Waals surface area contributed by atoms with Gasteiger partial charge in [0, 0.05) is 24.7 Å². The van der Waals surface area contributed by atoms with Crippen molar-refractivity contribution in [1.29, 1.82) is 0 Å². The number of nitrogens with one attached hydrogen (secondary N) is 2. The van der Waals surface area contributed by atoms with Crippen molar-refractivity contribution in [3.8, 4) is 0 Å². The number of non-ortho nitro benzene ring substituents is 1. The Bertz CT molecular complexity index is 580. The van der Waals surface area contributed by atoms with E-state index < -0.39 is 14.9 Å². The van der Waals surface area contributed by atoms with Gasteiger partial charge in [-0.1, -0.05) is 18.6 Å². The zero-order valence-electron chi connectivity index (χ0n) is 11.6. The van der Waals surface area contributed by atoms with Gasteiger partial charge >= 0.3 is 0 Å². The van der Waals surface area contributed by atoms with Gasteiger partial charge in [0.25, 0.3) is 5.69 Å². The third-order valence-corrected chi connectivity index (χ3v) is 4.90. The van der Waals surface area contributed by atoms with Crippen LogP contribution < -0.4 is 10.0 Å². The van der Waals surface area contributed by atoms with Gasteiger partial charge in [0.05, 0.1) is 10.7 Å². The van der Waals surface area contributed by atoms with E-state index in [-0.39, 0.29) is 24.0 Å². The zero-order chi connectivity index (χ0) is 15.3. The Balaban J connectivity index is 1.87. The molecule has 1 unspecified atom stereocenters. The van der Waals surface area contributed by atoms with Gasteiger partial charge in [-0.3, -0.25) is 10.1 Å². The van der Waals surface area contributed by atoms with Crippen LogP contribution in [-0.4, -0.2) is 31.7 Å². The van der Waals surface area contributed by atoms with Gasteiger partial charge in [-0.05, 0) is 24.9 Å². The molecule has 0 bridgehead atoms. The average Bonchev–Trinajstić information content (AvgIpc) is 2.46. The topological polar surface area (TPSA) is 101 Å². The van der Waals surface area contributed by atoms with E-state index in [1.807, 2.05) is 0 Å². The molecule has 0 amide bonds. The number of rotatable bonds is 6. The third-order valence-electron chi connectivity index (χ3n) is 3.48. The van der Waals surface area contributed by atoms with E-state index in [0.29, 0.717) is 5.56 Å². The van der Waals surface area contributed by atoms with Gasteiger partial charge in [-0.25, -0.2) is 13.1 Å². The van der Waals surface area contributed by atoms with Crippen molar-refractivity contribution in [3.05, 3.63) is 39.9 Å². The Morgan fingerprint density at radius 1 is 1.29 bits per heavy atom. The maximum absolute atomic E-state index is 12.0. The molecule has 1 aromatic carbocycles. The monoisotopic (exact) mass is 313 g/mol. The molecule has 2 N–H and O–H groups in total. The highest BCUT2D eigenvalue weighted by Gasteiger charge is 2.20. The number of nitrogens with zero attached hydrogens (tertiary/aromatic N) is 1. The molecule has 0 saturated carbocycles. The van der Waals surface area contributed by atoms with E-state index in [1.165, 1.54) is 12.1 Å². The Morgan fingerprint density at radius 3 is 2.57 bits per heavy atom. The van der Waals surface area contributed by atoms with Crippen LogP contribution in [0.5, 0.6) is 0 Å². The van der Waals surface area contributed by atoms with Crippen LogP contribution in [0.2, 0.25) is 0 Å². The minimum absolute atomic E-state index is 0.00647. The molecule has 2 rings (SSSR count). The van der Waals surface area contributed by atoms with E-state index >= 15 is 0 Å². The van der Waals surface area contributed by atoms with Crippen molar-refractivity contribution in [2.45, 2.75) is 31.8 Å². The van der Waals surface area contributed by atoms with Crippen LogP contribution in [0, 0.1) is 10.1 Å². The normalized spacial score (nSPS) is 19.3.